The van der Waals surface area contributed by atoms with Crippen LogP contribution in [0.1, 0.15) is 46.5 Å². The number of fused-ring (bicyclic) bond motifs is 2. The first-order chi connectivity index (χ1) is 16.3. The minimum absolute atomic E-state index is 0.144. The molecule has 6 rings (SSSR count). The number of nitrogens with one attached hydrogen (secondary N) is 1. The van der Waals surface area contributed by atoms with Gasteiger partial charge in [-0.25, -0.2) is 0 Å². The highest BCUT2D eigenvalue weighted by Crippen LogP contribution is 2.34. The number of carbonyl (C=O) groups excluding carboxylic acids is 1. The number of carbonyl (C=O) groups is 1. The highest BCUT2D eigenvalue weighted by molar-refractivity contribution is 6.10. The molecule has 1 N–H and O–H groups in total. The highest BCUT2D eigenvalue weighted by atomic mass is 16.1. The lowest BCUT2D eigenvalue weighted by Gasteiger charge is -2.36. The molecule has 0 aliphatic carbocycles. The molecule has 1 unspecified atom stereocenters. The number of piperidine rings is 1. The van der Waals surface area contributed by atoms with Crippen LogP contribution in [0.15, 0.2) is 85.2 Å². The number of nitrogens with zero attached hydrogens (tertiary/aromatic N) is 4. The Morgan fingerprint density at radius 1 is 0.909 bits per heavy atom. The van der Waals surface area contributed by atoms with Gasteiger partial charge in [-0.3, -0.25) is 14.1 Å². The van der Waals surface area contributed by atoms with Crippen molar-refractivity contribution in [3.8, 4) is 0 Å². The summed E-state index contributed by atoms with van der Waals surface area (Å²) in [7, 11) is 0. The monoisotopic (exact) mass is 435 g/mol. The van der Waals surface area contributed by atoms with Gasteiger partial charge in [0.1, 0.15) is 5.82 Å². The number of rotatable bonds is 5. The maximum Gasteiger partial charge on any atom is 0.186 e. The molecular weight excluding hydrogens is 410 g/mol. The van der Waals surface area contributed by atoms with Crippen LogP contribution in [0.3, 0.4) is 0 Å². The largest absolute Gasteiger partial charge is 0.360 e. The third-order valence-electron chi connectivity index (χ3n) is 6.82. The summed E-state index contributed by atoms with van der Waals surface area (Å²) in [6.45, 7) is 1.67. The number of aromatic amines is 1. The van der Waals surface area contributed by atoms with Crippen molar-refractivity contribution in [1.82, 2.24) is 24.5 Å². The molecule has 1 fully saturated rings. The molecule has 164 valence electrons. The third-order valence-corrected chi connectivity index (χ3v) is 6.82. The number of aromatic nitrogens is 4. The fourth-order valence-electron chi connectivity index (χ4n) is 5.14. The summed E-state index contributed by atoms with van der Waals surface area (Å²) in [5.74, 6) is 1.49. The predicted octanol–water partition coefficient (Wildman–Crippen LogP) is 5.01. The van der Waals surface area contributed by atoms with Gasteiger partial charge in [0.25, 0.3) is 0 Å². The van der Waals surface area contributed by atoms with E-state index in [0.717, 1.165) is 59.4 Å². The zero-order valence-corrected chi connectivity index (χ0v) is 18.3. The summed E-state index contributed by atoms with van der Waals surface area (Å²) in [6, 6.07) is 23.8. The molecule has 1 saturated heterocycles. The zero-order chi connectivity index (χ0) is 22.2. The van der Waals surface area contributed by atoms with E-state index in [-0.39, 0.29) is 11.8 Å². The smallest absolute Gasteiger partial charge is 0.186 e. The Hall–Kier alpha value is -3.77. The molecule has 3 aromatic heterocycles. The fourth-order valence-corrected chi connectivity index (χ4v) is 5.14. The van der Waals surface area contributed by atoms with E-state index < -0.39 is 0 Å². The Morgan fingerprint density at radius 2 is 1.67 bits per heavy atom. The zero-order valence-electron chi connectivity index (χ0n) is 18.3. The predicted molar refractivity (Wildman–Crippen MR) is 128 cm³/mol. The molecular formula is C27H25N5O. The number of hydrogen-bond acceptors (Lipinski definition) is 4. The van der Waals surface area contributed by atoms with Crippen molar-refractivity contribution >= 4 is 22.3 Å². The maximum atomic E-state index is 13.9. The topological polar surface area (TPSA) is 66.3 Å². The van der Waals surface area contributed by atoms with E-state index in [2.05, 4.69) is 36.6 Å². The Morgan fingerprint density at radius 3 is 2.52 bits per heavy atom. The van der Waals surface area contributed by atoms with Gasteiger partial charge in [0.2, 0.25) is 0 Å². The lowest BCUT2D eigenvalue weighted by Crippen LogP contribution is -2.40. The number of para-hydroxylation sites is 1. The number of benzene rings is 2. The van der Waals surface area contributed by atoms with Crippen LogP contribution in [0.2, 0.25) is 0 Å². The standard InChI is InChI=1S/C27H25N5O/c33-26(22-18-28-23-11-5-4-10-21(22)23)25(19-8-2-1-3-9-19)31-16-13-20(14-17-31)27-30-29-24-12-6-7-15-32(24)27/h1-12,15,18,20,25,28H,13-14,16-17H2. The molecule has 6 heteroatoms. The Labute approximate surface area is 191 Å². The second-order valence-electron chi connectivity index (χ2n) is 8.72. The summed E-state index contributed by atoms with van der Waals surface area (Å²) < 4.78 is 2.09. The molecule has 6 nitrogen and oxygen atoms in total. The lowest BCUT2D eigenvalue weighted by atomic mass is 9.90. The third kappa shape index (κ3) is 3.52. The molecule has 4 heterocycles. The SMILES string of the molecule is O=C(c1c[nH]c2ccccc12)C(c1ccccc1)N1CCC(c2nnc3ccccn23)CC1. The molecule has 0 bridgehead atoms. The van der Waals surface area contributed by atoms with Crippen LogP contribution in [-0.2, 0) is 0 Å². The van der Waals surface area contributed by atoms with E-state index in [0.29, 0.717) is 5.92 Å². The van der Waals surface area contributed by atoms with Crippen molar-refractivity contribution in [1.29, 1.82) is 0 Å². The number of hydrogen-bond donors (Lipinski definition) is 1. The average Bonchev–Trinajstić information content (AvgIpc) is 3.50. The van der Waals surface area contributed by atoms with Crippen LogP contribution in [0.5, 0.6) is 0 Å². The summed E-state index contributed by atoms with van der Waals surface area (Å²) >= 11 is 0. The fraction of sp³-hybridized carbons (Fsp3) is 0.222. The number of pyridine rings is 1. The van der Waals surface area contributed by atoms with Gasteiger partial charge in [-0.15, -0.1) is 10.2 Å². The van der Waals surface area contributed by atoms with Gasteiger partial charge in [-0.1, -0.05) is 54.6 Å². The lowest BCUT2D eigenvalue weighted by molar-refractivity contribution is 0.0768. The minimum Gasteiger partial charge on any atom is -0.360 e. The number of H-pyrrole nitrogens is 1. The molecule has 33 heavy (non-hydrogen) atoms. The Balaban J connectivity index is 1.30. The van der Waals surface area contributed by atoms with Crippen LogP contribution in [0.25, 0.3) is 16.6 Å². The molecule has 1 aliphatic rings. The number of ketones is 1. The van der Waals surface area contributed by atoms with Crippen molar-refractivity contribution in [3.05, 3.63) is 102 Å². The normalized spacial score (nSPS) is 16.4. The van der Waals surface area contributed by atoms with Crippen LogP contribution in [0.4, 0.5) is 0 Å². The Bertz CT molecular complexity index is 1410. The number of likely N-dealkylation sites (tertiary alicyclic amines) is 1. The van der Waals surface area contributed by atoms with Gasteiger partial charge < -0.3 is 4.98 Å². The first-order valence-corrected chi connectivity index (χ1v) is 11.5. The van der Waals surface area contributed by atoms with Crippen LogP contribution < -0.4 is 0 Å². The van der Waals surface area contributed by atoms with Gasteiger partial charge in [-0.2, -0.15) is 0 Å². The average molecular weight is 436 g/mol. The van der Waals surface area contributed by atoms with Gasteiger partial charge >= 0.3 is 0 Å². The van der Waals surface area contributed by atoms with Crippen molar-refractivity contribution < 1.29 is 4.79 Å². The van der Waals surface area contributed by atoms with Gasteiger partial charge in [-0.05, 0) is 49.7 Å². The second kappa shape index (κ2) is 8.30. The first-order valence-electron chi connectivity index (χ1n) is 11.5. The quantitative estimate of drug-likeness (QED) is 0.394. The van der Waals surface area contributed by atoms with Crippen LogP contribution in [0, 0.1) is 0 Å². The van der Waals surface area contributed by atoms with E-state index in [1.54, 1.807) is 0 Å². The molecule has 1 aliphatic heterocycles. The van der Waals surface area contributed by atoms with Crippen molar-refractivity contribution in [2.24, 2.45) is 0 Å². The summed E-state index contributed by atoms with van der Waals surface area (Å²) in [6.07, 6.45) is 5.78. The van der Waals surface area contributed by atoms with Gasteiger partial charge in [0, 0.05) is 34.8 Å². The molecule has 0 radical (unpaired) electrons. The van der Waals surface area contributed by atoms with Gasteiger partial charge in [0.15, 0.2) is 11.4 Å². The molecule has 1 atom stereocenters. The summed E-state index contributed by atoms with van der Waals surface area (Å²) in [5.41, 5.74) is 3.67. The number of Topliss-reactive ketones (excluding diaryl/α,β-unsaturated/α-hetero) is 1. The second-order valence-corrected chi connectivity index (χ2v) is 8.72. The molecule has 0 amide bonds. The van der Waals surface area contributed by atoms with E-state index in [4.69, 9.17) is 0 Å². The van der Waals surface area contributed by atoms with Crippen LogP contribution >= 0.6 is 0 Å². The first kappa shape index (κ1) is 19.9. The molecule has 0 spiro atoms. The van der Waals surface area contributed by atoms with E-state index >= 15 is 0 Å². The summed E-state index contributed by atoms with van der Waals surface area (Å²) in [5, 5.41) is 9.79. The van der Waals surface area contributed by atoms with Crippen molar-refractivity contribution in [2.75, 3.05) is 13.1 Å². The van der Waals surface area contributed by atoms with Crippen molar-refractivity contribution in [2.45, 2.75) is 24.8 Å². The molecule has 0 saturated carbocycles. The van der Waals surface area contributed by atoms with Crippen molar-refractivity contribution in [3.63, 3.8) is 0 Å². The van der Waals surface area contributed by atoms with E-state index in [9.17, 15) is 4.79 Å². The van der Waals surface area contributed by atoms with E-state index in [1.807, 2.05) is 73.1 Å². The van der Waals surface area contributed by atoms with Crippen LogP contribution in [-0.4, -0.2) is 43.4 Å². The van der Waals surface area contributed by atoms with E-state index in [1.165, 1.54) is 0 Å². The minimum atomic E-state index is -0.304. The van der Waals surface area contributed by atoms with Gasteiger partial charge in [0.05, 0.1) is 6.04 Å². The highest BCUT2D eigenvalue weighted by Gasteiger charge is 2.34. The maximum absolute atomic E-state index is 13.9. The Kier molecular flexibility index (Phi) is 5.00. The summed E-state index contributed by atoms with van der Waals surface area (Å²) in [4.78, 5) is 19.5. The molecule has 5 aromatic rings. The molecule has 2 aromatic carbocycles.